The van der Waals surface area contributed by atoms with E-state index in [1.807, 2.05) is 30.3 Å². The van der Waals surface area contributed by atoms with Crippen LogP contribution in [0.4, 0.5) is 4.39 Å². The van der Waals surface area contributed by atoms with Gasteiger partial charge >= 0.3 is 0 Å². The maximum absolute atomic E-state index is 14.7. The van der Waals surface area contributed by atoms with Crippen LogP contribution < -0.4 is 0 Å². The van der Waals surface area contributed by atoms with E-state index in [4.69, 9.17) is 0 Å². The van der Waals surface area contributed by atoms with Crippen LogP contribution in [0.5, 0.6) is 0 Å². The molecule has 0 amide bonds. The number of halogens is 1. The highest BCUT2D eigenvalue weighted by Crippen LogP contribution is 2.28. The summed E-state index contributed by atoms with van der Waals surface area (Å²) >= 11 is 0. The monoisotopic (exact) mass is 380 g/mol. The Morgan fingerprint density at radius 2 is 1.75 bits per heavy atom. The lowest BCUT2D eigenvalue weighted by Gasteiger charge is -2.41. The van der Waals surface area contributed by atoms with Gasteiger partial charge in [0.25, 0.3) is 0 Å². The van der Waals surface area contributed by atoms with Gasteiger partial charge in [0.05, 0.1) is 0 Å². The maximum atomic E-state index is 14.7. The Balaban J connectivity index is 1.46. The molecule has 0 bridgehead atoms. The first-order valence-corrected chi connectivity index (χ1v) is 10.4. The van der Waals surface area contributed by atoms with Crippen molar-refractivity contribution in [2.24, 2.45) is 5.92 Å². The number of benzene rings is 2. The third kappa shape index (κ3) is 4.18. The largest absolute Gasteiger partial charge is 0.306 e. The molecule has 0 aromatic heterocycles. The third-order valence-electron chi connectivity index (χ3n) is 6.37. The lowest BCUT2D eigenvalue weighted by molar-refractivity contribution is 0.0629. The van der Waals surface area contributed by atoms with E-state index in [0.29, 0.717) is 17.2 Å². The molecular weight excluding hydrogens is 351 g/mol. The number of piperidine rings is 2. The molecular formula is C24H29FN2O. The molecule has 2 fully saturated rings. The van der Waals surface area contributed by atoms with Crippen LogP contribution in [0.3, 0.4) is 0 Å². The van der Waals surface area contributed by atoms with Crippen molar-refractivity contribution in [3.8, 4) is 11.1 Å². The molecule has 28 heavy (non-hydrogen) atoms. The van der Waals surface area contributed by atoms with E-state index in [-0.39, 0.29) is 17.5 Å². The van der Waals surface area contributed by atoms with Gasteiger partial charge in [-0.1, -0.05) is 42.5 Å². The zero-order valence-corrected chi connectivity index (χ0v) is 16.6. The fraction of sp³-hybridized carbons (Fsp3) is 0.458. The van der Waals surface area contributed by atoms with Crippen LogP contribution in [0.25, 0.3) is 11.1 Å². The van der Waals surface area contributed by atoms with Gasteiger partial charge in [0.15, 0.2) is 5.78 Å². The molecule has 2 aromatic rings. The third-order valence-corrected chi connectivity index (χ3v) is 6.37. The number of ketones is 1. The number of Topliss-reactive ketones (excluding diaryl/α,β-unsaturated/α-hetero) is 1. The standard InChI is InChI=1S/C24H29FN2O/c1-26-14-11-21(12-15-26)27-13-5-8-20(17-27)24(28)19-9-10-22(23(25)16-19)18-6-3-2-4-7-18/h2-4,6-7,9-10,16,20-21H,5,8,11-15,17H2,1H3/t20-/m0/s1. The maximum Gasteiger partial charge on any atom is 0.167 e. The molecule has 0 saturated carbocycles. The van der Waals surface area contributed by atoms with Gasteiger partial charge in [-0.15, -0.1) is 0 Å². The van der Waals surface area contributed by atoms with Gasteiger partial charge in [-0.05, 0) is 64.0 Å². The van der Waals surface area contributed by atoms with E-state index in [9.17, 15) is 9.18 Å². The van der Waals surface area contributed by atoms with E-state index < -0.39 is 0 Å². The molecule has 0 N–H and O–H groups in total. The molecule has 0 unspecified atom stereocenters. The highest BCUT2D eigenvalue weighted by molar-refractivity contribution is 5.98. The summed E-state index contributed by atoms with van der Waals surface area (Å²) in [7, 11) is 2.17. The molecule has 0 aliphatic carbocycles. The summed E-state index contributed by atoms with van der Waals surface area (Å²) in [6.45, 7) is 4.16. The number of nitrogens with zero attached hydrogens (tertiary/aromatic N) is 2. The van der Waals surface area contributed by atoms with Crippen molar-refractivity contribution in [3.05, 3.63) is 59.9 Å². The quantitative estimate of drug-likeness (QED) is 0.731. The minimum absolute atomic E-state index is 0.0182. The van der Waals surface area contributed by atoms with Crippen molar-refractivity contribution in [1.29, 1.82) is 0 Å². The minimum Gasteiger partial charge on any atom is -0.306 e. The summed E-state index contributed by atoms with van der Waals surface area (Å²) in [5.41, 5.74) is 1.89. The smallest absolute Gasteiger partial charge is 0.167 e. The van der Waals surface area contributed by atoms with Gasteiger partial charge in [-0.25, -0.2) is 4.39 Å². The van der Waals surface area contributed by atoms with Crippen LogP contribution in [0, 0.1) is 11.7 Å². The van der Waals surface area contributed by atoms with Crippen molar-refractivity contribution in [1.82, 2.24) is 9.80 Å². The van der Waals surface area contributed by atoms with Crippen LogP contribution in [0.2, 0.25) is 0 Å². The fourth-order valence-corrected chi connectivity index (χ4v) is 4.67. The Labute approximate surface area is 167 Å². The van der Waals surface area contributed by atoms with Gasteiger partial charge in [-0.3, -0.25) is 9.69 Å². The summed E-state index contributed by atoms with van der Waals surface area (Å²) < 4.78 is 14.7. The van der Waals surface area contributed by atoms with Gasteiger partial charge in [0, 0.05) is 29.6 Å². The summed E-state index contributed by atoms with van der Waals surface area (Å²) in [5.74, 6) is -0.244. The summed E-state index contributed by atoms with van der Waals surface area (Å²) in [6.07, 6.45) is 4.31. The molecule has 148 valence electrons. The number of likely N-dealkylation sites (tertiary alicyclic amines) is 2. The lowest BCUT2D eigenvalue weighted by Crippen LogP contribution is -2.48. The average Bonchev–Trinajstić information content (AvgIpc) is 2.74. The highest BCUT2D eigenvalue weighted by Gasteiger charge is 2.31. The van der Waals surface area contributed by atoms with Gasteiger partial charge in [0.1, 0.15) is 5.82 Å². The van der Waals surface area contributed by atoms with Crippen LogP contribution in [-0.2, 0) is 0 Å². The first-order valence-electron chi connectivity index (χ1n) is 10.4. The number of carbonyl (C=O) groups is 1. The van der Waals surface area contributed by atoms with Crippen LogP contribution in [0.15, 0.2) is 48.5 Å². The average molecular weight is 381 g/mol. The zero-order chi connectivity index (χ0) is 19.5. The van der Waals surface area contributed by atoms with Crippen LogP contribution in [0.1, 0.15) is 36.0 Å². The van der Waals surface area contributed by atoms with E-state index in [0.717, 1.165) is 44.6 Å². The van der Waals surface area contributed by atoms with Crippen molar-refractivity contribution < 1.29 is 9.18 Å². The summed E-state index contributed by atoms with van der Waals surface area (Å²) in [5, 5.41) is 0. The Kier molecular flexibility index (Phi) is 5.88. The van der Waals surface area contributed by atoms with E-state index in [1.165, 1.54) is 18.9 Å². The normalized spacial score (nSPS) is 22.3. The Hall–Kier alpha value is -2.04. The van der Waals surface area contributed by atoms with E-state index in [2.05, 4.69) is 16.8 Å². The van der Waals surface area contributed by atoms with Crippen LogP contribution >= 0.6 is 0 Å². The topological polar surface area (TPSA) is 23.6 Å². The van der Waals surface area contributed by atoms with Gasteiger partial charge in [-0.2, -0.15) is 0 Å². The Bertz CT molecular complexity index is 815. The number of hydrogen-bond acceptors (Lipinski definition) is 3. The molecule has 2 aliphatic rings. The molecule has 2 aromatic carbocycles. The Morgan fingerprint density at radius 1 is 1.00 bits per heavy atom. The van der Waals surface area contributed by atoms with Crippen molar-refractivity contribution in [3.63, 3.8) is 0 Å². The fourth-order valence-electron chi connectivity index (χ4n) is 4.67. The molecule has 1 atom stereocenters. The second kappa shape index (κ2) is 8.54. The molecule has 2 saturated heterocycles. The molecule has 2 aliphatic heterocycles. The Morgan fingerprint density at radius 3 is 2.46 bits per heavy atom. The molecule has 0 radical (unpaired) electrons. The van der Waals surface area contributed by atoms with E-state index in [1.54, 1.807) is 12.1 Å². The van der Waals surface area contributed by atoms with Crippen molar-refractivity contribution >= 4 is 5.78 Å². The second-order valence-corrected chi connectivity index (χ2v) is 8.29. The summed E-state index contributed by atoms with van der Waals surface area (Å²) in [4.78, 5) is 18.0. The van der Waals surface area contributed by atoms with Gasteiger partial charge in [0.2, 0.25) is 0 Å². The van der Waals surface area contributed by atoms with Crippen molar-refractivity contribution in [2.75, 3.05) is 33.2 Å². The molecule has 0 spiro atoms. The molecule has 4 heteroatoms. The predicted molar refractivity (Wildman–Crippen MR) is 111 cm³/mol. The second-order valence-electron chi connectivity index (χ2n) is 8.29. The number of hydrogen-bond donors (Lipinski definition) is 0. The molecule has 2 heterocycles. The molecule has 3 nitrogen and oxygen atoms in total. The number of carbonyl (C=O) groups excluding carboxylic acids is 1. The first-order chi connectivity index (χ1) is 13.6. The first kappa shape index (κ1) is 19.3. The highest BCUT2D eigenvalue weighted by atomic mass is 19.1. The summed E-state index contributed by atoms with van der Waals surface area (Å²) in [6, 6.07) is 15.0. The van der Waals surface area contributed by atoms with Gasteiger partial charge < -0.3 is 4.90 Å². The predicted octanol–water partition coefficient (Wildman–Crippen LogP) is 4.48. The lowest BCUT2D eigenvalue weighted by atomic mass is 9.87. The van der Waals surface area contributed by atoms with Crippen LogP contribution in [-0.4, -0.2) is 54.9 Å². The zero-order valence-electron chi connectivity index (χ0n) is 16.6. The number of rotatable bonds is 4. The SMILES string of the molecule is CN1CCC(N2CCC[C@H](C(=O)c3ccc(-c4ccccc4)c(F)c3)C2)CC1. The minimum atomic E-state index is -0.319. The molecule has 4 rings (SSSR count). The van der Waals surface area contributed by atoms with E-state index >= 15 is 0 Å². The van der Waals surface area contributed by atoms with Crippen molar-refractivity contribution in [2.45, 2.75) is 31.7 Å².